The van der Waals surface area contributed by atoms with Gasteiger partial charge in [-0.25, -0.2) is 4.79 Å². The van der Waals surface area contributed by atoms with Gasteiger partial charge in [0.05, 0.1) is 5.92 Å². The Morgan fingerprint density at radius 1 is 1.29 bits per heavy atom. The van der Waals surface area contributed by atoms with Gasteiger partial charge < -0.3 is 19.6 Å². The van der Waals surface area contributed by atoms with Crippen molar-refractivity contribution < 1.29 is 19.4 Å². The lowest BCUT2D eigenvalue weighted by atomic mass is 10.2. The summed E-state index contributed by atoms with van der Waals surface area (Å²) in [6, 6.07) is -0.172. The van der Waals surface area contributed by atoms with Crippen molar-refractivity contribution in [3.63, 3.8) is 0 Å². The molecule has 0 saturated heterocycles. The number of rotatable bonds is 7. The van der Waals surface area contributed by atoms with E-state index in [0.717, 1.165) is 6.42 Å². The average molecular weight is 246 g/mol. The minimum atomic E-state index is -0.897. The minimum Gasteiger partial charge on any atom is -0.481 e. The van der Waals surface area contributed by atoms with Gasteiger partial charge >= 0.3 is 12.0 Å². The monoisotopic (exact) mass is 246 g/mol. The second-order valence-electron chi connectivity index (χ2n) is 4.17. The van der Waals surface area contributed by atoms with Crippen LogP contribution < -0.4 is 0 Å². The van der Waals surface area contributed by atoms with Crippen LogP contribution in [0, 0.1) is 5.92 Å². The fourth-order valence-corrected chi connectivity index (χ4v) is 1.40. The van der Waals surface area contributed by atoms with Crippen LogP contribution in [0.2, 0.25) is 0 Å². The fourth-order valence-electron chi connectivity index (χ4n) is 1.40. The molecule has 0 radical (unpaired) electrons. The molecule has 17 heavy (non-hydrogen) atoms. The molecule has 0 bridgehead atoms. The van der Waals surface area contributed by atoms with Crippen LogP contribution >= 0.6 is 0 Å². The predicted molar refractivity (Wildman–Crippen MR) is 63.9 cm³/mol. The predicted octanol–water partition coefficient (Wildman–Crippen LogP) is 0.727. The first-order chi connectivity index (χ1) is 7.90. The Morgan fingerprint density at radius 2 is 1.88 bits per heavy atom. The van der Waals surface area contributed by atoms with Gasteiger partial charge in [-0.1, -0.05) is 6.92 Å². The highest BCUT2D eigenvalue weighted by Crippen LogP contribution is 2.02. The molecule has 1 unspecified atom stereocenters. The van der Waals surface area contributed by atoms with E-state index >= 15 is 0 Å². The summed E-state index contributed by atoms with van der Waals surface area (Å²) in [6.07, 6.45) is 0.765. The van der Waals surface area contributed by atoms with Gasteiger partial charge in [-0.05, 0) is 6.42 Å². The Kier molecular flexibility index (Phi) is 7.29. The number of carboxylic acid groups (broad SMARTS) is 1. The normalized spacial score (nSPS) is 12.0. The van der Waals surface area contributed by atoms with Crippen LogP contribution in [0.4, 0.5) is 4.79 Å². The van der Waals surface area contributed by atoms with Crippen LogP contribution in [0.5, 0.6) is 0 Å². The average Bonchev–Trinajstić information content (AvgIpc) is 2.27. The third kappa shape index (κ3) is 6.11. The molecule has 0 spiro atoms. The van der Waals surface area contributed by atoms with Crippen LogP contribution in [0.3, 0.4) is 0 Å². The molecule has 0 aromatic carbocycles. The zero-order valence-electron chi connectivity index (χ0n) is 11.0. The molecule has 1 N–H and O–H groups in total. The maximum atomic E-state index is 11.8. The number of hydrogen-bond acceptors (Lipinski definition) is 3. The Labute approximate surface area is 102 Å². The number of urea groups is 1. The number of nitrogens with zero attached hydrogens (tertiary/aromatic N) is 2. The highest BCUT2D eigenvalue weighted by molar-refractivity contribution is 5.75. The summed E-state index contributed by atoms with van der Waals surface area (Å²) in [6.45, 7) is 2.99. The number of carboxylic acids is 1. The van der Waals surface area contributed by atoms with Crippen molar-refractivity contribution in [1.29, 1.82) is 0 Å². The smallest absolute Gasteiger partial charge is 0.319 e. The summed E-state index contributed by atoms with van der Waals surface area (Å²) in [7, 11) is 4.91. The van der Waals surface area contributed by atoms with E-state index in [2.05, 4.69) is 0 Å². The van der Waals surface area contributed by atoms with Crippen molar-refractivity contribution in [2.75, 3.05) is 40.9 Å². The molecule has 100 valence electrons. The maximum absolute atomic E-state index is 11.8. The summed E-state index contributed by atoms with van der Waals surface area (Å²) in [5.74, 6) is -1.46. The van der Waals surface area contributed by atoms with E-state index in [1.54, 1.807) is 33.0 Å². The van der Waals surface area contributed by atoms with E-state index in [9.17, 15) is 9.59 Å². The Bertz CT molecular complexity index is 258. The van der Waals surface area contributed by atoms with Crippen molar-refractivity contribution in [3.8, 4) is 0 Å². The third-order valence-corrected chi connectivity index (χ3v) is 2.46. The summed E-state index contributed by atoms with van der Waals surface area (Å²) in [4.78, 5) is 25.5. The van der Waals surface area contributed by atoms with Crippen LogP contribution in [0.1, 0.15) is 13.3 Å². The molecule has 0 heterocycles. The Morgan fingerprint density at radius 3 is 2.35 bits per heavy atom. The van der Waals surface area contributed by atoms with Gasteiger partial charge in [0.1, 0.15) is 0 Å². The van der Waals surface area contributed by atoms with Gasteiger partial charge in [-0.15, -0.1) is 0 Å². The van der Waals surface area contributed by atoms with Gasteiger partial charge in [0.25, 0.3) is 0 Å². The number of ether oxygens (including phenoxy) is 1. The molecule has 2 amide bonds. The van der Waals surface area contributed by atoms with Crippen LogP contribution in [-0.4, -0.2) is 67.8 Å². The number of methoxy groups -OCH3 is 1. The molecule has 0 aliphatic rings. The Hall–Kier alpha value is -1.30. The summed E-state index contributed by atoms with van der Waals surface area (Å²) in [5, 5.41) is 8.76. The van der Waals surface area contributed by atoms with E-state index in [0.29, 0.717) is 13.2 Å². The first-order valence-corrected chi connectivity index (χ1v) is 5.58. The lowest BCUT2D eigenvalue weighted by molar-refractivity contribution is -0.141. The highest BCUT2D eigenvalue weighted by Gasteiger charge is 2.19. The molecule has 0 aliphatic heterocycles. The van der Waals surface area contributed by atoms with Gasteiger partial charge in [-0.2, -0.15) is 0 Å². The second-order valence-corrected chi connectivity index (χ2v) is 4.17. The molecule has 6 heteroatoms. The van der Waals surface area contributed by atoms with E-state index < -0.39 is 11.9 Å². The van der Waals surface area contributed by atoms with E-state index in [1.807, 2.05) is 0 Å². The number of aliphatic carboxylic acids is 1. The van der Waals surface area contributed by atoms with Crippen molar-refractivity contribution in [3.05, 3.63) is 0 Å². The van der Waals surface area contributed by atoms with Gasteiger partial charge in [-0.3, -0.25) is 4.79 Å². The molecule has 0 rings (SSSR count). The van der Waals surface area contributed by atoms with Gasteiger partial charge in [0.2, 0.25) is 0 Å². The summed E-state index contributed by atoms with van der Waals surface area (Å²) < 4.78 is 4.90. The Balaban J connectivity index is 4.06. The molecular formula is C11H22N2O4. The second kappa shape index (κ2) is 7.89. The molecule has 6 nitrogen and oxygen atoms in total. The van der Waals surface area contributed by atoms with Crippen molar-refractivity contribution in [2.24, 2.45) is 5.92 Å². The fraction of sp³-hybridized carbons (Fsp3) is 0.818. The highest BCUT2D eigenvalue weighted by atomic mass is 16.5. The minimum absolute atomic E-state index is 0.172. The van der Waals surface area contributed by atoms with Crippen molar-refractivity contribution in [1.82, 2.24) is 9.80 Å². The first-order valence-electron chi connectivity index (χ1n) is 5.58. The number of carbonyl (C=O) groups excluding carboxylic acids is 1. The maximum Gasteiger partial charge on any atom is 0.319 e. The van der Waals surface area contributed by atoms with Crippen LogP contribution in [-0.2, 0) is 9.53 Å². The third-order valence-electron chi connectivity index (χ3n) is 2.46. The zero-order valence-corrected chi connectivity index (χ0v) is 11.0. The first kappa shape index (κ1) is 15.7. The quantitative estimate of drug-likeness (QED) is 0.672. The topological polar surface area (TPSA) is 70.1 Å². The molecule has 0 aromatic heterocycles. The SMILES string of the molecule is COCCCN(C)C(=O)N(C)CC(C)C(=O)O. The van der Waals surface area contributed by atoms with Crippen molar-refractivity contribution >= 4 is 12.0 Å². The van der Waals surface area contributed by atoms with E-state index in [1.165, 1.54) is 4.90 Å². The molecule has 0 saturated carbocycles. The lowest BCUT2D eigenvalue weighted by Crippen LogP contribution is -2.42. The zero-order chi connectivity index (χ0) is 13.4. The number of amides is 2. The number of carbonyl (C=O) groups is 2. The van der Waals surface area contributed by atoms with Crippen LogP contribution in [0.25, 0.3) is 0 Å². The van der Waals surface area contributed by atoms with Gasteiger partial charge in [0.15, 0.2) is 0 Å². The molecule has 0 aromatic rings. The van der Waals surface area contributed by atoms with E-state index in [-0.39, 0.29) is 12.6 Å². The van der Waals surface area contributed by atoms with E-state index in [4.69, 9.17) is 9.84 Å². The lowest BCUT2D eigenvalue weighted by Gasteiger charge is -2.26. The van der Waals surface area contributed by atoms with Crippen molar-refractivity contribution in [2.45, 2.75) is 13.3 Å². The van der Waals surface area contributed by atoms with Crippen LogP contribution in [0.15, 0.2) is 0 Å². The summed E-state index contributed by atoms with van der Waals surface area (Å²) >= 11 is 0. The molecule has 1 atom stereocenters. The van der Waals surface area contributed by atoms with Gasteiger partial charge in [0, 0.05) is 40.9 Å². The molecule has 0 aliphatic carbocycles. The summed E-state index contributed by atoms with van der Waals surface area (Å²) in [5.41, 5.74) is 0. The molecular weight excluding hydrogens is 224 g/mol. The standard InChI is InChI=1S/C11H22N2O4/c1-9(10(14)15)8-13(3)11(16)12(2)6-5-7-17-4/h9H,5-8H2,1-4H3,(H,14,15). The number of hydrogen-bond donors (Lipinski definition) is 1. The molecule has 0 fully saturated rings. The largest absolute Gasteiger partial charge is 0.481 e.